The summed E-state index contributed by atoms with van der Waals surface area (Å²) in [7, 11) is 1.43. The molecule has 0 bridgehead atoms. The van der Waals surface area contributed by atoms with Gasteiger partial charge in [-0.15, -0.1) is 13.2 Å². The first-order valence-electron chi connectivity index (χ1n) is 9.04. The summed E-state index contributed by atoms with van der Waals surface area (Å²) in [6, 6.07) is 13.3. The first-order chi connectivity index (χ1) is 13.4. The van der Waals surface area contributed by atoms with Gasteiger partial charge in [-0.05, 0) is 43.1 Å². The van der Waals surface area contributed by atoms with Crippen molar-refractivity contribution in [2.75, 3.05) is 13.7 Å². The van der Waals surface area contributed by atoms with Crippen LogP contribution in [0.3, 0.4) is 0 Å². The van der Waals surface area contributed by atoms with E-state index in [1.54, 1.807) is 0 Å². The van der Waals surface area contributed by atoms with Crippen molar-refractivity contribution in [1.29, 1.82) is 0 Å². The van der Waals surface area contributed by atoms with Gasteiger partial charge in [-0.2, -0.15) is 5.06 Å². The van der Waals surface area contributed by atoms with Crippen LogP contribution < -0.4 is 14.8 Å². The summed E-state index contributed by atoms with van der Waals surface area (Å²) >= 11 is 0. The third-order valence-electron chi connectivity index (χ3n) is 4.78. The molecule has 0 aromatic heterocycles. The lowest BCUT2D eigenvalue weighted by molar-refractivity contribution is -0.274. The lowest BCUT2D eigenvalue weighted by Gasteiger charge is -2.37. The molecule has 1 aliphatic heterocycles. The van der Waals surface area contributed by atoms with Gasteiger partial charge < -0.3 is 20.0 Å². The van der Waals surface area contributed by atoms with Crippen molar-refractivity contribution in [1.82, 2.24) is 10.4 Å². The standard InChI is InChI=1S/C20H23F3N2O3/c1-27-18-10-9-16(28-20(21,22)23)12-15(18)13-25(26)17-8-5-11-24-19(17)14-6-3-2-4-7-14/h2-4,6-7,9-10,12,17,19,24,26H,5,8,11,13H2,1H3. The second-order valence-corrected chi connectivity index (χ2v) is 6.67. The Hall–Kier alpha value is -2.29. The van der Waals surface area contributed by atoms with Gasteiger partial charge in [0.05, 0.1) is 25.7 Å². The topological polar surface area (TPSA) is 54.0 Å². The SMILES string of the molecule is COc1ccc(OC(F)(F)F)cc1CN(O)C1CCCNC1c1ccccc1. The van der Waals surface area contributed by atoms with Gasteiger partial charge in [0.25, 0.3) is 0 Å². The minimum atomic E-state index is -4.78. The molecule has 1 saturated heterocycles. The van der Waals surface area contributed by atoms with E-state index in [0.717, 1.165) is 24.9 Å². The van der Waals surface area contributed by atoms with Gasteiger partial charge >= 0.3 is 6.36 Å². The first kappa shape index (κ1) is 20.4. The van der Waals surface area contributed by atoms with Crippen molar-refractivity contribution in [3.05, 3.63) is 59.7 Å². The van der Waals surface area contributed by atoms with Crippen molar-refractivity contribution >= 4 is 0 Å². The predicted octanol–water partition coefficient (Wildman–Crippen LogP) is 4.28. The Kier molecular flexibility index (Phi) is 6.43. The summed E-state index contributed by atoms with van der Waals surface area (Å²) in [6.45, 7) is 0.843. The molecule has 0 radical (unpaired) electrons. The van der Waals surface area contributed by atoms with Gasteiger partial charge in [-0.25, -0.2) is 0 Å². The number of benzene rings is 2. The zero-order chi connectivity index (χ0) is 20.1. The molecular weight excluding hydrogens is 373 g/mol. The van der Waals surface area contributed by atoms with Crippen LogP contribution in [0.15, 0.2) is 48.5 Å². The molecule has 3 rings (SSSR count). The number of rotatable bonds is 6. The lowest BCUT2D eigenvalue weighted by atomic mass is 9.92. The van der Waals surface area contributed by atoms with Gasteiger partial charge in [0.1, 0.15) is 11.5 Å². The van der Waals surface area contributed by atoms with E-state index in [2.05, 4.69) is 10.1 Å². The number of alkyl halides is 3. The Labute approximate surface area is 161 Å². The fourth-order valence-corrected chi connectivity index (χ4v) is 3.56. The highest BCUT2D eigenvalue weighted by molar-refractivity contribution is 5.40. The number of nitrogens with one attached hydrogen (secondary N) is 1. The van der Waals surface area contributed by atoms with Crippen LogP contribution in [0.1, 0.15) is 30.0 Å². The number of nitrogens with zero attached hydrogens (tertiary/aromatic N) is 1. The van der Waals surface area contributed by atoms with Crippen molar-refractivity contribution in [2.24, 2.45) is 0 Å². The molecule has 2 N–H and O–H groups in total. The molecule has 1 aliphatic rings. The monoisotopic (exact) mass is 396 g/mol. The van der Waals surface area contributed by atoms with Crippen LogP contribution in [0, 0.1) is 0 Å². The maximum Gasteiger partial charge on any atom is 0.573 e. The minimum Gasteiger partial charge on any atom is -0.496 e. The quantitative estimate of drug-likeness (QED) is 0.714. The molecule has 2 atom stereocenters. The Morgan fingerprint density at radius 3 is 2.61 bits per heavy atom. The highest BCUT2D eigenvalue weighted by Crippen LogP contribution is 2.32. The summed E-state index contributed by atoms with van der Waals surface area (Å²) in [4.78, 5) is 0. The number of hydrogen-bond donors (Lipinski definition) is 2. The zero-order valence-electron chi connectivity index (χ0n) is 15.4. The fourth-order valence-electron chi connectivity index (χ4n) is 3.56. The predicted molar refractivity (Wildman–Crippen MR) is 97.2 cm³/mol. The molecule has 1 heterocycles. The molecule has 5 nitrogen and oxygen atoms in total. The highest BCUT2D eigenvalue weighted by atomic mass is 19.4. The third-order valence-corrected chi connectivity index (χ3v) is 4.78. The normalized spacial score (nSPS) is 20.2. The van der Waals surface area contributed by atoms with Gasteiger partial charge in [0, 0.05) is 5.56 Å². The third kappa shape index (κ3) is 5.15. The molecule has 2 aromatic rings. The second-order valence-electron chi connectivity index (χ2n) is 6.67. The smallest absolute Gasteiger partial charge is 0.496 e. The summed E-state index contributed by atoms with van der Waals surface area (Å²) in [6.07, 6.45) is -3.14. The van der Waals surface area contributed by atoms with Crippen LogP contribution in [0.5, 0.6) is 11.5 Å². The van der Waals surface area contributed by atoms with E-state index < -0.39 is 6.36 Å². The van der Waals surface area contributed by atoms with E-state index in [9.17, 15) is 18.4 Å². The van der Waals surface area contributed by atoms with E-state index in [0.29, 0.717) is 11.3 Å². The molecule has 0 saturated carbocycles. The molecule has 0 spiro atoms. The fraction of sp³-hybridized carbons (Fsp3) is 0.400. The Morgan fingerprint density at radius 1 is 1.18 bits per heavy atom. The van der Waals surface area contributed by atoms with Crippen LogP contribution in [0.25, 0.3) is 0 Å². The van der Waals surface area contributed by atoms with Gasteiger partial charge in [-0.1, -0.05) is 30.3 Å². The number of methoxy groups -OCH3 is 1. The van der Waals surface area contributed by atoms with Crippen molar-refractivity contribution in [2.45, 2.75) is 37.8 Å². The van der Waals surface area contributed by atoms with Crippen molar-refractivity contribution in [3.8, 4) is 11.5 Å². The molecule has 8 heteroatoms. The lowest BCUT2D eigenvalue weighted by Crippen LogP contribution is -2.46. The van der Waals surface area contributed by atoms with Crippen molar-refractivity contribution < 1.29 is 27.9 Å². The van der Waals surface area contributed by atoms with Crippen molar-refractivity contribution in [3.63, 3.8) is 0 Å². The van der Waals surface area contributed by atoms with E-state index in [1.165, 1.54) is 30.4 Å². The molecule has 0 amide bonds. The molecule has 152 valence electrons. The average Bonchev–Trinajstić information content (AvgIpc) is 2.67. The van der Waals surface area contributed by atoms with Crippen LogP contribution in [-0.4, -0.2) is 36.3 Å². The molecule has 2 unspecified atom stereocenters. The minimum absolute atomic E-state index is 0.00785. The maximum atomic E-state index is 12.5. The summed E-state index contributed by atoms with van der Waals surface area (Å²) < 4.78 is 46.8. The van der Waals surface area contributed by atoms with E-state index in [1.807, 2.05) is 30.3 Å². The van der Waals surface area contributed by atoms with Gasteiger partial charge in [0.2, 0.25) is 0 Å². The summed E-state index contributed by atoms with van der Waals surface area (Å²) in [5.41, 5.74) is 1.46. The largest absolute Gasteiger partial charge is 0.573 e. The van der Waals surface area contributed by atoms with E-state index in [-0.39, 0.29) is 24.4 Å². The number of halogens is 3. The molecule has 0 aliphatic carbocycles. The molecular formula is C20H23F3N2O3. The maximum absolute atomic E-state index is 12.5. The molecule has 2 aromatic carbocycles. The Balaban J connectivity index is 1.80. The average molecular weight is 396 g/mol. The van der Waals surface area contributed by atoms with Crippen LogP contribution in [0.2, 0.25) is 0 Å². The number of piperidine rings is 1. The highest BCUT2D eigenvalue weighted by Gasteiger charge is 2.33. The Morgan fingerprint density at radius 2 is 1.93 bits per heavy atom. The van der Waals surface area contributed by atoms with Gasteiger partial charge in [-0.3, -0.25) is 0 Å². The van der Waals surface area contributed by atoms with Crippen LogP contribution >= 0.6 is 0 Å². The van der Waals surface area contributed by atoms with E-state index >= 15 is 0 Å². The number of ether oxygens (including phenoxy) is 2. The summed E-state index contributed by atoms with van der Waals surface area (Å²) in [5, 5.41) is 15.4. The zero-order valence-corrected chi connectivity index (χ0v) is 15.4. The van der Waals surface area contributed by atoms with Gasteiger partial charge in [0.15, 0.2) is 0 Å². The molecule has 28 heavy (non-hydrogen) atoms. The van der Waals surface area contributed by atoms with E-state index in [4.69, 9.17) is 4.74 Å². The second kappa shape index (κ2) is 8.81. The Bertz CT molecular complexity index is 771. The van der Waals surface area contributed by atoms with Crippen LogP contribution in [0.4, 0.5) is 13.2 Å². The number of hydroxylamine groups is 2. The molecule has 1 fully saturated rings. The first-order valence-corrected chi connectivity index (χ1v) is 9.04. The summed E-state index contributed by atoms with van der Waals surface area (Å²) in [5.74, 6) is 0.0340. The van der Waals surface area contributed by atoms with Crippen LogP contribution in [-0.2, 0) is 6.54 Å². The number of hydrogen-bond acceptors (Lipinski definition) is 5.